The summed E-state index contributed by atoms with van der Waals surface area (Å²) in [6.45, 7) is 13.5. The van der Waals surface area contributed by atoms with Gasteiger partial charge in [-0.3, -0.25) is 14.5 Å². The molecule has 1 saturated heterocycles. The molecule has 1 heterocycles. The number of anilines is 1. The van der Waals surface area contributed by atoms with Gasteiger partial charge >= 0.3 is 0 Å². The van der Waals surface area contributed by atoms with E-state index in [1.807, 2.05) is 6.92 Å². The zero-order valence-corrected chi connectivity index (χ0v) is 18.5. The summed E-state index contributed by atoms with van der Waals surface area (Å²) in [5.74, 6) is 0.334. The molecule has 162 valence electrons. The Morgan fingerprint density at radius 1 is 1.03 bits per heavy atom. The highest BCUT2D eigenvalue weighted by Crippen LogP contribution is 2.17. The molecule has 2 amide bonds. The van der Waals surface area contributed by atoms with E-state index in [0.717, 1.165) is 45.6 Å². The Labute approximate surface area is 176 Å². The lowest BCUT2D eigenvalue weighted by Crippen LogP contribution is -2.48. The van der Waals surface area contributed by atoms with Crippen LogP contribution in [-0.4, -0.2) is 62.0 Å². The number of nitrogens with zero attached hydrogens (tertiary/aromatic N) is 2. The Balaban J connectivity index is 1.60. The first-order valence-electron chi connectivity index (χ1n) is 10.9. The SMILES string of the molecule is Cc1cccc(N2CCN(CCC(C)NC(=O)CNC(=O)CCC(C)C)CC2)c1. The van der Waals surface area contributed by atoms with Crippen molar-refractivity contribution >= 4 is 17.5 Å². The lowest BCUT2D eigenvalue weighted by atomic mass is 10.1. The first-order valence-corrected chi connectivity index (χ1v) is 10.9. The molecular formula is C23H38N4O2. The molecule has 0 aromatic heterocycles. The summed E-state index contributed by atoms with van der Waals surface area (Å²) in [6.07, 6.45) is 2.24. The summed E-state index contributed by atoms with van der Waals surface area (Å²) >= 11 is 0. The summed E-state index contributed by atoms with van der Waals surface area (Å²) in [6, 6.07) is 8.78. The van der Waals surface area contributed by atoms with Crippen LogP contribution in [0, 0.1) is 12.8 Å². The molecule has 0 spiro atoms. The molecule has 1 aromatic rings. The van der Waals surface area contributed by atoms with Crippen molar-refractivity contribution in [3.63, 3.8) is 0 Å². The molecule has 2 rings (SSSR count). The van der Waals surface area contributed by atoms with Crippen LogP contribution in [0.15, 0.2) is 24.3 Å². The number of hydrogen-bond acceptors (Lipinski definition) is 4. The maximum Gasteiger partial charge on any atom is 0.239 e. The van der Waals surface area contributed by atoms with Crippen LogP contribution in [-0.2, 0) is 9.59 Å². The van der Waals surface area contributed by atoms with Crippen molar-refractivity contribution in [2.75, 3.05) is 44.2 Å². The molecule has 6 nitrogen and oxygen atoms in total. The number of rotatable bonds is 10. The van der Waals surface area contributed by atoms with Gasteiger partial charge in [0.15, 0.2) is 0 Å². The average molecular weight is 403 g/mol. The smallest absolute Gasteiger partial charge is 0.239 e. The molecule has 2 N–H and O–H groups in total. The molecule has 1 atom stereocenters. The van der Waals surface area contributed by atoms with Gasteiger partial charge in [-0.1, -0.05) is 26.0 Å². The number of carbonyl (C=O) groups is 2. The van der Waals surface area contributed by atoms with Crippen molar-refractivity contribution in [2.24, 2.45) is 5.92 Å². The van der Waals surface area contributed by atoms with Crippen LogP contribution in [0.25, 0.3) is 0 Å². The minimum absolute atomic E-state index is 0.0482. The van der Waals surface area contributed by atoms with Crippen LogP contribution in [0.3, 0.4) is 0 Å². The van der Waals surface area contributed by atoms with E-state index in [0.29, 0.717) is 12.3 Å². The Morgan fingerprint density at radius 3 is 2.41 bits per heavy atom. The zero-order chi connectivity index (χ0) is 21.2. The Bertz CT molecular complexity index is 654. The van der Waals surface area contributed by atoms with Gasteiger partial charge in [0.2, 0.25) is 11.8 Å². The standard InChI is InChI=1S/C23H38N4O2/c1-18(2)8-9-22(28)24-17-23(29)25-20(4)10-11-26-12-14-27(15-13-26)21-7-5-6-19(3)16-21/h5-7,16,18,20H,8-15,17H2,1-4H3,(H,24,28)(H,25,29). The third-order valence-corrected chi connectivity index (χ3v) is 5.42. The molecule has 6 heteroatoms. The van der Waals surface area contributed by atoms with E-state index in [9.17, 15) is 9.59 Å². The maximum atomic E-state index is 12.0. The summed E-state index contributed by atoms with van der Waals surface area (Å²) < 4.78 is 0. The normalized spacial score (nSPS) is 16.0. The lowest BCUT2D eigenvalue weighted by Gasteiger charge is -2.36. The second-order valence-electron chi connectivity index (χ2n) is 8.63. The van der Waals surface area contributed by atoms with Crippen molar-refractivity contribution in [3.05, 3.63) is 29.8 Å². The third kappa shape index (κ3) is 8.86. The number of aryl methyl sites for hydroxylation is 1. The van der Waals surface area contributed by atoms with E-state index in [-0.39, 0.29) is 24.4 Å². The van der Waals surface area contributed by atoms with Gasteiger partial charge in [0.05, 0.1) is 6.54 Å². The highest BCUT2D eigenvalue weighted by molar-refractivity contribution is 5.84. The molecule has 1 aromatic carbocycles. The van der Waals surface area contributed by atoms with Crippen molar-refractivity contribution < 1.29 is 9.59 Å². The molecule has 1 fully saturated rings. The fourth-order valence-corrected chi connectivity index (χ4v) is 3.52. The van der Waals surface area contributed by atoms with Crippen molar-refractivity contribution in [3.8, 4) is 0 Å². The number of carbonyl (C=O) groups excluding carboxylic acids is 2. The fraction of sp³-hybridized carbons (Fsp3) is 0.652. The second kappa shape index (κ2) is 11.8. The Kier molecular flexibility index (Phi) is 9.45. The van der Waals surface area contributed by atoms with Crippen molar-refractivity contribution in [2.45, 2.75) is 53.0 Å². The summed E-state index contributed by atoms with van der Waals surface area (Å²) in [5, 5.41) is 5.70. The Morgan fingerprint density at radius 2 is 1.76 bits per heavy atom. The van der Waals surface area contributed by atoms with E-state index in [2.05, 4.69) is 65.5 Å². The minimum atomic E-state index is -0.111. The second-order valence-corrected chi connectivity index (χ2v) is 8.63. The van der Waals surface area contributed by atoms with Gasteiger partial charge in [0.1, 0.15) is 0 Å². The van der Waals surface area contributed by atoms with E-state index >= 15 is 0 Å². The maximum absolute atomic E-state index is 12.0. The van der Waals surface area contributed by atoms with Gasteiger partial charge in [-0.15, -0.1) is 0 Å². The molecule has 1 aliphatic rings. The van der Waals surface area contributed by atoms with Crippen LogP contribution < -0.4 is 15.5 Å². The molecule has 0 bridgehead atoms. The highest BCUT2D eigenvalue weighted by atomic mass is 16.2. The number of amides is 2. The molecule has 0 saturated carbocycles. The van der Waals surface area contributed by atoms with Crippen LogP contribution in [0.4, 0.5) is 5.69 Å². The zero-order valence-electron chi connectivity index (χ0n) is 18.5. The first kappa shape index (κ1) is 23.2. The summed E-state index contributed by atoms with van der Waals surface area (Å²) in [4.78, 5) is 28.6. The number of nitrogens with one attached hydrogen (secondary N) is 2. The predicted octanol–water partition coefficient (Wildman–Crippen LogP) is 2.56. The predicted molar refractivity (Wildman–Crippen MR) is 119 cm³/mol. The highest BCUT2D eigenvalue weighted by Gasteiger charge is 2.18. The van der Waals surface area contributed by atoms with Gasteiger partial charge in [-0.05, 0) is 50.3 Å². The van der Waals surface area contributed by atoms with Crippen molar-refractivity contribution in [1.29, 1.82) is 0 Å². The number of piperazine rings is 1. The van der Waals surface area contributed by atoms with Gasteiger partial charge in [0.25, 0.3) is 0 Å². The lowest BCUT2D eigenvalue weighted by molar-refractivity contribution is -0.126. The largest absolute Gasteiger partial charge is 0.369 e. The van der Waals surface area contributed by atoms with Crippen LogP contribution in [0.2, 0.25) is 0 Å². The number of benzene rings is 1. The van der Waals surface area contributed by atoms with Crippen LogP contribution in [0.1, 0.15) is 45.6 Å². The van der Waals surface area contributed by atoms with E-state index < -0.39 is 0 Å². The van der Waals surface area contributed by atoms with Crippen molar-refractivity contribution in [1.82, 2.24) is 15.5 Å². The molecule has 0 aliphatic carbocycles. The van der Waals surface area contributed by atoms with E-state index in [4.69, 9.17) is 0 Å². The summed E-state index contributed by atoms with van der Waals surface area (Å²) in [7, 11) is 0. The van der Waals surface area contributed by atoms with Gasteiger partial charge in [0, 0.05) is 50.9 Å². The molecule has 29 heavy (non-hydrogen) atoms. The average Bonchev–Trinajstić information content (AvgIpc) is 2.69. The van der Waals surface area contributed by atoms with E-state index in [1.165, 1.54) is 11.3 Å². The topological polar surface area (TPSA) is 64.7 Å². The molecule has 1 aliphatic heterocycles. The quantitative estimate of drug-likeness (QED) is 0.631. The van der Waals surface area contributed by atoms with Gasteiger partial charge in [-0.25, -0.2) is 0 Å². The fourth-order valence-electron chi connectivity index (χ4n) is 3.52. The number of hydrogen-bond donors (Lipinski definition) is 2. The van der Waals surface area contributed by atoms with Gasteiger partial charge < -0.3 is 15.5 Å². The third-order valence-electron chi connectivity index (χ3n) is 5.42. The summed E-state index contributed by atoms with van der Waals surface area (Å²) in [5.41, 5.74) is 2.60. The monoisotopic (exact) mass is 402 g/mol. The Hall–Kier alpha value is -2.08. The molecule has 1 unspecified atom stereocenters. The molecule has 0 radical (unpaired) electrons. The first-order chi connectivity index (χ1) is 13.8. The molecular weight excluding hydrogens is 364 g/mol. The minimum Gasteiger partial charge on any atom is -0.369 e. The van der Waals surface area contributed by atoms with Gasteiger partial charge in [-0.2, -0.15) is 0 Å². The van der Waals surface area contributed by atoms with E-state index in [1.54, 1.807) is 0 Å². The van der Waals surface area contributed by atoms with Crippen LogP contribution in [0.5, 0.6) is 0 Å². The van der Waals surface area contributed by atoms with Crippen LogP contribution >= 0.6 is 0 Å².